The van der Waals surface area contributed by atoms with Gasteiger partial charge in [0.1, 0.15) is 5.56 Å². The van der Waals surface area contributed by atoms with Crippen LogP contribution in [0.3, 0.4) is 0 Å². The van der Waals surface area contributed by atoms with Crippen LogP contribution in [0, 0.1) is 10.1 Å². The van der Waals surface area contributed by atoms with Crippen LogP contribution >= 0.6 is 11.6 Å². The highest BCUT2D eigenvalue weighted by Gasteiger charge is 2.22. The van der Waals surface area contributed by atoms with Crippen LogP contribution in [0.15, 0.2) is 12.1 Å². The normalized spacial score (nSPS) is 9.81. The average molecular weight is 245 g/mol. The Hall–Kier alpha value is -2.15. The van der Waals surface area contributed by atoms with Crippen LogP contribution in [0.1, 0.15) is 20.7 Å². The van der Waals surface area contributed by atoms with Crippen LogP contribution in [0.2, 0.25) is 5.02 Å². The van der Waals surface area contributed by atoms with Crippen LogP contribution in [0.4, 0.5) is 5.69 Å². The second-order valence-corrected chi connectivity index (χ2v) is 3.11. The summed E-state index contributed by atoms with van der Waals surface area (Å²) in [5.41, 5.74) is -2.14. The first kappa shape index (κ1) is 11.9. The van der Waals surface area contributed by atoms with Crippen LogP contribution in [-0.4, -0.2) is 22.0 Å². The monoisotopic (exact) mass is 244 g/mol. The largest absolute Gasteiger partial charge is 0.545 e. The maximum atomic E-state index is 10.7. The summed E-state index contributed by atoms with van der Waals surface area (Å²) >= 11 is 5.43. The van der Waals surface area contributed by atoms with Crippen molar-refractivity contribution in [1.82, 2.24) is 0 Å². The molecule has 1 aromatic carbocycles. The number of halogens is 1. The number of hydrogen-bond donors (Lipinski definition) is 1. The number of nitro benzene ring substituents is 1. The summed E-state index contributed by atoms with van der Waals surface area (Å²) in [6.45, 7) is 0. The van der Waals surface area contributed by atoms with Gasteiger partial charge >= 0.3 is 5.97 Å². The maximum absolute atomic E-state index is 10.7. The molecule has 0 aliphatic heterocycles. The van der Waals surface area contributed by atoms with Gasteiger partial charge in [-0.3, -0.25) is 10.1 Å². The molecule has 84 valence electrons. The third kappa shape index (κ3) is 2.09. The summed E-state index contributed by atoms with van der Waals surface area (Å²) in [7, 11) is 0. The minimum absolute atomic E-state index is 0.447. The molecule has 0 aliphatic rings. The van der Waals surface area contributed by atoms with Gasteiger partial charge in [-0.15, -0.1) is 0 Å². The first-order valence-corrected chi connectivity index (χ1v) is 4.15. The first-order valence-electron chi connectivity index (χ1n) is 3.77. The summed E-state index contributed by atoms with van der Waals surface area (Å²) in [5, 5.41) is 29.2. The number of nitro groups is 1. The van der Waals surface area contributed by atoms with E-state index >= 15 is 0 Å². The minimum atomic E-state index is -1.71. The summed E-state index contributed by atoms with van der Waals surface area (Å²) in [6, 6.07) is 1.26. The third-order valence-corrected chi connectivity index (χ3v) is 2.05. The van der Waals surface area contributed by atoms with Crippen molar-refractivity contribution in [3.8, 4) is 0 Å². The van der Waals surface area contributed by atoms with Crippen molar-refractivity contribution >= 4 is 29.2 Å². The Morgan fingerprint density at radius 3 is 2.25 bits per heavy atom. The van der Waals surface area contributed by atoms with Crippen LogP contribution in [0.5, 0.6) is 0 Å². The number of carboxylic acids is 2. The summed E-state index contributed by atoms with van der Waals surface area (Å²) in [6.07, 6.45) is 0. The standard InChI is InChI=1S/C8H4ClNO6/c9-5-2-6(10(15)16)4(8(13)14)1-3(5)7(11)12/h1-2H,(H,11,12)(H,13,14)/p-1. The molecule has 1 rings (SSSR count). The number of hydrogen-bond acceptors (Lipinski definition) is 5. The van der Waals surface area contributed by atoms with Crippen molar-refractivity contribution in [3.63, 3.8) is 0 Å². The number of carbonyl (C=O) groups is 2. The molecule has 0 saturated carbocycles. The SMILES string of the molecule is O=C([O-])c1cc(C(=O)O)c([N+](=O)[O-])cc1Cl. The second kappa shape index (κ2) is 4.15. The molecule has 16 heavy (non-hydrogen) atoms. The van der Waals surface area contributed by atoms with E-state index in [-0.39, 0.29) is 0 Å². The zero-order valence-corrected chi connectivity index (χ0v) is 8.22. The van der Waals surface area contributed by atoms with Gasteiger partial charge in [0.25, 0.3) is 5.69 Å². The van der Waals surface area contributed by atoms with Crippen LogP contribution < -0.4 is 5.11 Å². The highest BCUT2D eigenvalue weighted by molar-refractivity contribution is 6.33. The molecule has 0 bridgehead atoms. The smallest absolute Gasteiger partial charge is 0.342 e. The van der Waals surface area contributed by atoms with Crippen LogP contribution in [0.25, 0.3) is 0 Å². The molecule has 0 unspecified atom stereocenters. The van der Waals surface area contributed by atoms with Crippen molar-refractivity contribution in [2.75, 3.05) is 0 Å². The Morgan fingerprint density at radius 1 is 1.31 bits per heavy atom. The van der Waals surface area contributed by atoms with Gasteiger partial charge in [0.15, 0.2) is 0 Å². The molecular weight excluding hydrogens is 242 g/mol. The van der Waals surface area contributed by atoms with E-state index in [0.717, 1.165) is 0 Å². The molecule has 8 heteroatoms. The Labute approximate surface area is 93.0 Å². The molecule has 7 nitrogen and oxygen atoms in total. The molecule has 0 radical (unpaired) electrons. The van der Waals surface area contributed by atoms with E-state index < -0.39 is 38.7 Å². The van der Waals surface area contributed by atoms with Gasteiger partial charge in [0.05, 0.1) is 15.9 Å². The molecule has 0 saturated heterocycles. The summed E-state index contributed by atoms with van der Waals surface area (Å²) in [5.74, 6) is -3.33. The fraction of sp³-hybridized carbons (Fsp3) is 0. The zero-order valence-electron chi connectivity index (χ0n) is 7.47. The van der Waals surface area contributed by atoms with Gasteiger partial charge < -0.3 is 15.0 Å². The highest BCUT2D eigenvalue weighted by atomic mass is 35.5. The lowest BCUT2D eigenvalue weighted by Gasteiger charge is -2.06. The van der Waals surface area contributed by atoms with Gasteiger partial charge in [-0.05, 0) is 6.07 Å². The maximum Gasteiger partial charge on any atom is 0.342 e. The predicted molar refractivity (Wildman–Crippen MR) is 49.4 cm³/mol. The summed E-state index contributed by atoms with van der Waals surface area (Å²) in [4.78, 5) is 30.7. The van der Waals surface area contributed by atoms with Gasteiger partial charge in [-0.2, -0.15) is 0 Å². The fourth-order valence-corrected chi connectivity index (χ4v) is 1.28. The molecule has 1 N–H and O–H groups in total. The molecule has 1 aromatic rings. The van der Waals surface area contributed by atoms with E-state index in [0.29, 0.717) is 12.1 Å². The number of benzene rings is 1. The number of aromatic carboxylic acids is 2. The second-order valence-electron chi connectivity index (χ2n) is 2.70. The molecule has 0 heterocycles. The lowest BCUT2D eigenvalue weighted by Crippen LogP contribution is -2.23. The molecule has 0 aromatic heterocycles. The predicted octanol–water partition coefficient (Wildman–Crippen LogP) is 0.310. The Morgan fingerprint density at radius 2 is 1.88 bits per heavy atom. The van der Waals surface area contributed by atoms with E-state index in [1.165, 1.54) is 0 Å². The Kier molecular flexibility index (Phi) is 3.09. The first-order chi connectivity index (χ1) is 7.34. The van der Waals surface area contributed by atoms with Gasteiger partial charge in [-0.1, -0.05) is 11.6 Å². The summed E-state index contributed by atoms with van der Waals surface area (Å²) < 4.78 is 0. The lowest BCUT2D eigenvalue weighted by atomic mass is 10.1. The Bertz CT molecular complexity index is 498. The van der Waals surface area contributed by atoms with Gasteiger partial charge in [0, 0.05) is 11.6 Å². The number of rotatable bonds is 3. The van der Waals surface area contributed by atoms with E-state index in [1.54, 1.807) is 0 Å². The van der Waals surface area contributed by atoms with Crippen molar-refractivity contribution in [1.29, 1.82) is 0 Å². The van der Waals surface area contributed by atoms with Crippen molar-refractivity contribution in [2.24, 2.45) is 0 Å². The number of carboxylic acid groups (broad SMARTS) is 2. The topological polar surface area (TPSA) is 121 Å². The number of carbonyl (C=O) groups excluding carboxylic acids is 1. The quantitative estimate of drug-likeness (QED) is 0.603. The van der Waals surface area contributed by atoms with E-state index in [2.05, 4.69) is 0 Å². The van der Waals surface area contributed by atoms with Gasteiger partial charge in [-0.25, -0.2) is 4.79 Å². The van der Waals surface area contributed by atoms with E-state index in [1.807, 2.05) is 0 Å². The lowest BCUT2D eigenvalue weighted by molar-refractivity contribution is -0.385. The zero-order chi connectivity index (χ0) is 12.5. The van der Waals surface area contributed by atoms with Gasteiger partial charge in [0.2, 0.25) is 0 Å². The van der Waals surface area contributed by atoms with Crippen molar-refractivity contribution in [3.05, 3.63) is 38.4 Å². The van der Waals surface area contributed by atoms with E-state index in [9.17, 15) is 24.8 Å². The molecular formula is C8H3ClNO6-. The molecule has 0 spiro atoms. The van der Waals surface area contributed by atoms with Crippen molar-refractivity contribution in [2.45, 2.75) is 0 Å². The molecule has 0 fully saturated rings. The van der Waals surface area contributed by atoms with Crippen molar-refractivity contribution < 1.29 is 24.7 Å². The number of nitrogens with zero attached hydrogens (tertiary/aromatic N) is 1. The minimum Gasteiger partial charge on any atom is -0.545 e. The average Bonchev–Trinajstić information content (AvgIpc) is 2.15. The van der Waals surface area contributed by atoms with Crippen LogP contribution in [-0.2, 0) is 0 Å². The van der Waals surface area contributed by atoms with E-state index in [4.69, 9.17) is 16.7 Å². The third-order valence-electron chi connectivity index (χ3n) is 1.73. The molecule has 0 atom stereocenters. The Balaban J connectivity index is 3.55. The molecule has 0 amide bonds. The highest BCUT2D eigenvalue weighted by Crippen LogP contribution is 2.26. The fourth-order valence-electron chi connectivity index (χ4n) is 1.04. The molecule has 0 aliphatic carbocycles.